The summed E-state index contributed by atoms with van der Waals surface area (Å²) in [5, 5.41) is 0. The van der Waals surface area contributed by atoms with Crippen molar-refractivity contribution >= 4 is 9.52 Å². The minimum atomic E-state index is 0.00519. The van der Waals surface area contributed by atoms with Crippen LogP contribution in [0.1, 0.15) is 27.7 Å². The standard InChI is InChI=1S/C10H23NO2Si/c1-5-11(6-2)9-14-10(12-7-3)13-8-4/h10H,5-9H2,1-4H3. The number of hydrogen-bond donors (Lipinski definition) is 0. The highest BCUT2D eigenvalue weighted by molar-refractivity contribution is 6.36. The fourth-order valence-corrected chi connectivity index (χ4v) is 2.54. The van der Waals surface area contributed by atoms with E-state index in [1.165, 1.54) is 0 Å². The molecular formula is C10H23NO2Si. The van der Waals surface area contributed by atoms with E-state index in [9.17, 15) is 0 Å². The molecule has 0 saturated carbocycles. The molecule has 0 aliphatic carbocycles. The predicted octanol–water partition coefficient (Wildman–Crippen LogP) is 1.35. The summed E-state index contributed by atoms with van der Waals surface area (Å²) in [4.78, 5) is 2.39. The van der Waals surface area contributed by atoms with E-state index in [1.807, 2.05) is 13.8 Å². The van der Waals surface area contributed by atoms with Gasteiger partial charge in [-0.1, -0.05) is 13.8 Å². The van der Waals surface area contributed by atoms with E-state index < -0.39 is 0 Å². The molecule has 2 radical (unpaired) electrons. The summed E-state index contributed by atoms with van der Waals surface area (Å²) in [6.07, 6.45) is 1.08. The highest BCUT2D eigenvalue weighted by Gasteiger charge is 2.10. The normalized spacial score (nSPS) is 11.6. The molecule has 4 heteroatoms. The van der Waals surface area contributed by atoms with Crippen LogP contribution in [0.3, 0.4) is 0 Å². The van der Waals surface area contributed by atoms with Crippen LogP contribution in [0, 0.1) is 0 Å². The third-order valence-electron chi connectivity index (χ3n) is 2.01. The number of hydrogen-bond acceptors (Lipinski definition) is 3. The van der Waals surface area contributed by atoms with Crippen LogP contribution in [-0.4, -0.2) is 52.8 Å². The van der Waals surface area contributed by atoms with Gasteiger partial charge in [0, 0.05) is 13.2 Å². The van der Waals surface area contributed by atoms with Crippen LogP contribution < -0.4 is 0 Å². The zero-order valence-electron chi connectivity index (χ0n) is 9.88. The van der Waals surface area contributed by atoms with Crippen molar-refractivity contribution in [1.82, 2.24) is 4.90 Å². The fourth-order valence-electron chi connectivity index (χ4n) is 1.12. The summed E-state index contributed by atoms with van der Waals surface area (Å²) in [6.45, 7) is 12.1. The summed E-state index contributed by atoms with van der Waals surface area (Å²) in [5.41, 5.74) is 0. The second kappa shape index (κ2) is 9.64. The van der Waals surface area contributed by atoms with E-state index in [0.717, 1.165) is 32.5 Å². The molecule has 0 aliphatic heterocycles. The maximum atomic E-state index is 5.49. The Balaban J connectivity index is 3.67. The van der Waals surface area contributed by atoms with Gasteiger partial charge in [-0.25, -0.2) is 0 Å². The first kappa shape index (κ1) is 14.1. The maximum Gasteiger partial charge on any atom is 0.138 e. The molecule has 0 bridgehead atoms. The average Bonchev–Trinajstić information content (AvgIpc) is 2.20. The van der Waals surface area contributed by atoms with Gasteiger partial charge < -0.3 is 14.4 Å². The highest BCUT2D eigenvalue weighted by atomic mass is 28.2. The molecule has 0 spiro atoms. The number of nitrogens with zero attached hydrogens (tertiary/aromatic N) is 1. The van der Waals surface area contributed by atoms with E-state index in [0.29, 0.717) is 9.52 Å². The van der Waals surface area contributed by atoms with Crippen LogP contribution >= 0.6 is 0 Å². The maximum absolute atomic E-state index is 5.49. The molecule has 0 heterocycles. The van der Waals surface area contributed by atoms with Gasteiger partial charge in [0.05, 0.1) is 0 Å². The summed E-state index contributed by atoms with van der Waals surface area (Å²) in [7, 11) is 0.712. The Morgan fingerprint density at radius 3 is 1.86 bits per heavy atom. The topological polar surface area (TPSA) is 21.7 Å². The van der Waals surface area contributed by atoms with Crippen LogP contribution in [0.4, 0.5) is 0 Å². The van der Waals surface area contributed by atoms with Crippen LogP contribution in [0.15, 0.2) is 0 Å². The van der Waals surface area contributed by atoms with Gasteiger partial charge in [-0.15, -0.1) is 0 Å². The van der Waals surface area contributed by atoms with Gasteiger partial charge >= 0.3 is 0 Å². The van der Waals surface area contributed by atoms with E-state index in [-0.39, 0.29) is 5.91 Å². The van der Waals surface area contributed by atoms with Crippen molar-refractivity contribution in [1.29, 1.82) is 0 Å². The second-order valence-corrected chi connectivity index (χ2v) is 4.10. The van der Waals surface area contributed by atoms with Crippen molar-refractivity contribution in [2.75, 3.05) is 32.5 Å². The number of ether oxygens (including phenoxy) is 2. The first-order valence-electron chi connectivity index (χ1n) is 5.47. The van der Waals surface area contributed by atoms with Crippen molar-refractivity contribution in [3.05, 3.63) is 0 Å². The summed E-state index contributed by atoms with van der Waals surface area (Å²) in [6, 6.07) is 0. The molecule has 0 amide bonds. The second-order valence-electron chi connectivity index (χ2n) is 2.91. The SMILES string of the molecule is CCOC(OCC)[Si]CN(CC)CC. The van der Waals surface area contributed by atoms with E-state index in [1.54, 1.807) is 0 Å². The van der Waals surface area contributed by atoms with Gasteiger partial charge in [-0.3, -0.25) is 0 Å². The zero-order valence-corrected chi connectivity index (χ0v) is 10.9. The lowest BCUT2D eigenvalue weighted by Crippen LogP contribution is -2.36. The summed E-state index contributed by atoms with van der Waals surface area (Å²) >= 11 is 0. The van der Waals surface area contributed by atoms with Crippen LogP contribution in [-0.2, 0) is 9.47 Å². The average molecular weight is 217 g/mol. The molecule has 0 fully saturated rings. The van der Waals surface area contributed by atoms with Gasteiger partial charge in [0.25, 0.3) is 0 Å². The predicted molar refractivity (Wildman–Crippen MR) is 60.6 cm³/mol. The van der Waals surface area contributed by atoms with Gasteiger partial charge in [0.15, 0.2) is 0 Å². The smallest absolute Gasteiger partial charge is 0.138 e. The molecule has 0 N–H and O–H groups in total. The zero-order chi connectivity index (χ0) is 10.8. The Morgan fingerprint density at radius 2 is 1.50 bits per heavy atom. The quantitative estimate of drug-likeness (QED) is 0.430. The molecule has 0 aliphatic rings. The Hall–Kier alpha value is 0.0969. The molecule has 84 valence electrons. The highest BCUT2D eigenvalue weighted by Crippen LogP contribution is 1.95. The molecule has 0 aromatic heterocycles. The molecule has 3 nitrogen and oxygen atoms in total. The first-order chi connectivity index (χ1) is 6.78. The molecule has 0 unspecified atom stereocenters. The van der Waals surface area contributed by atoms with Crippen molar-refractivity contribution in [2.45, 2.75) is 33.6 Å². The molecule has 14 heavy (non-hydrogen) atoms. The van der Waals surface area contributed by atoms with Crippen LogP contribution in [0.2, 0.25) is 0 Å². The lowest BCUT2D eigenvalue weighted by molar-refractivity contribution is -0.0833. The van der Waals surface area contributed by atoms with Gasteiger partial charge in [0.2, 0.25) is 0 Å². The van der Waals surface area contributed by atoms with E-state index in [2.05, 4.69) is 18.7 Å². The van der Waals surface area contributed by atoms with E-state index >= 15 is 0 Å². The van der Waals surface area contributed by atoms with E-state index in [4.69, 9.17) is 9.47 Å². The lowest BCUT2D eigenvalue weighted by Gasteiger charge is -2.21. The largest absolute Gasteiger partial charge is 0.357 e. The van der Waals surface area contributed by atoms with Gasteiger partial charge in [-0.2, -0.15) is 0 Å². The summed E-state index contributed by atoms with van der Waals surface area (Å²) < 4.78 is 11.0. The van der Waals surface area contributed by atoms with Crippen LogP contribution in [0.25, 0.3) is 0 Å². The number of rotatable bonds is 9. The van der Waals surface area contributed by atoms with Crippen molar-refractivity contribution < 1.29 is 9.47 Å². The Labute approximate surface area is 90.6 Å². The molecule has 0 aromatic rings. The fraction of sp³-hybridized carbons (Fsp3) is 1.00. The van der Waals surface area contributed by atoms with Crippen molar-refractivity contribution in [3.63, 3.8) is 0 Å². The molecular weight excluding hydrogens is 194 g/mol. The Morgan fingerprint density at radius 1 is 1.00 bits per heavy atom. The molecule has 0 saturated heterocycles. The monoisotopic (exact) mass is 217 g/mol. The minimum absolute atomic E-state index is 0.00519. The first-order valence-corrected chi connectivity index (χ1v) is 6.75. The molecule has 0 rings (SSSR count). The lowest BCUT2D eigenvalue weighted by atomic mass is 10.6. The van der Waals surface area contributed by atoms with Crippen molar-refractivity contribution in [2.24, 2.45) is 0 Å². The van der Waals surface area contributed by atoms with Gasteiger partial charge in [-0.05, 0) is 33.1 Å². The van der Waals surface area contributed by atoms with Crippen molar-refractivity contribution in [3.8, 4) is 0 Å². The van der Waals surface area contributed by atoms with Crippen LogP contribution in [0.5, 0.6) is 0 Å². The summed E-state index contributed by atoms with van der Waals surface area (Å²) in [5.74, 6) is 0.00519. The molecule has 0 aromatic carbocycles. The third-order valence-corrected chi connectivity index (χ3v) is 3.31. The van der Waals surface area contributed by atoms with Gasteiger partial charge in [0.1, 0.15) is 15.4 Å². The molecule has 0 atom stereocenters. The Bertz CT molecular complexity index is 115. The third kappa shape index (κ3) is 6.54. The minimum Gasteiger partial charge on any atom is -0.357 e. The Kier molecular flexibility index (Phi) is 9.71.